The maximum absolute atomic E-state index is 13.8. The van der Waals surface area contributed by atoms with Crippen molar-refractivity contribution in [3.05, 3.63) is 143 Å². The molecule has 0 fully saturated rings. The number of carbonyl (C=O) groups excluding carboxylic acids is 2. The molecule has 0 atom stereocenters. The Kier molecular flexibility index (Phi) is 4.72. The van der Waals surface area contributed by atoms with E-state index in [-0.39, 0.29) is 16.9 Å². The Morgan fingerprint density at radius 2 is 1.18 bits per heavy atom. The lowest BCUT2D eigenvalue weighted by molar-refractivity contribution is 0.0925. The average Bonchev–Trinajstić information content (AvgIpc) is 3.38. The van der Waals surface area contributed by atoms with Gasteiger partial charge in [-0.2, -0.15) is 0 Å². The molecule has 1 heterocycles. The summed E-state index contributed by atoms with van der Waals surface area (Å²) in [5.74, 6) is -0.970. The summed E-state index contributed by atoms with van der Waals surface area (Å²) in [5, 5.41) is 10.1. The summed E-state index contributed by atoms with van der Waals surface area (Å²) in [6.45, 7) is 0. The molecule has 2 aliphatic rings. The second-order valence-corrected chi connectivity index (χ2v) is 9.91. The van der Waals surface area contributed by atoms with E-state index in [1.54, 1.807) is 0 Å². The molecule has 0 bridgehead atoms. The zero-order valence-corrected chi connectivity index (χ0v) is 20.8. The molecule has 1 aliphatic heterocycles. The number of phenols is 1. The van der Waals surface area contributed by atoms with Gasteiger partial charge in [-0.25, -0.2) is 4.90 Å². The second-order valence-electron chi connectivity index (χ2n) is 9.91. The summed E-state index contributed by atoms with van der Waals surface area (Å²) >= 11 is 0. The Morgan fingerprint density at radius 1 is 0.590 bits per heavy atom. The molecule has 5 aromatic carbocycles. The highest BCUT2D eigenvalue weighted by atomic mass is 16.3. The molecule has 0 saturated heterocycles. The highest BCUT2D eigenvalue weighted by molar-refractivity contribution is 6.35. The molecule has 188 valence electrons. The van der Waals surface area contributed by atoms with Gasteiger partial charge < -0.3 is 16.6 Å². The molecule has 1 aliphatic carbocycles. The number of fused-ring (bicyclic) bond motifs is 4. The predicted molar refractivity (Wildman–Crippen MR) is 152 cm³/mol. The van der Waals surface area contributed by atoms with Crippen molar-refractivity contribution < 1.29 is 14.7 Å². The van der Waals surface area contributed by atoms with Crippen LogP contribution in [0.25, 0.3) is 11.1 Å². The number of hydrogen-bond donors (Lipinski definition) is 3. The van der Waals surface area contributed by atoms with Crippen LogP contribution >= 0.6 is 0 Å². The van der Waals surface area contributed by atoms with Gasteiger partial charge >= 0.3 is 0 Å². The quantitative estimate of drug-likeness (QED) is 0.209. The fourth-order valence-electron chi connectivity index (χ4n) is 6.20. The highest BCUT2D eigenvalue weighted by Gasteiger charge is 2.50. The van der Waals surface area contributed by atoms with Crippen LogP contribution in [0.5, 0.6) is 5.75 Å². The molecule has 2 amide bonds. The van der Waals surface area contributed by atoms with Crippen LogP contribution in [-0.2, 0) is 5.41 Å². The first-order valence-corrected chi connectivity index (χ1v) is 12.6. The molecule has 5 N–H and O–H groups in total. The van der Waals surface area contributed by atoms with E-state index in [4.69, 9.17) is 11.5 Å². The molecule has 0 spiro atoms. The van der Waals surface area contributed by atoms with E-state index in [9.17, 15) is 14.7 Å². The van der Waals surface area contributed by atoms with Gasteiger partial charge in [0.25, 0.3) is 11.8 Å². The van der Waals surface area contributed by atoms with Gasteiger partial charge in [-0.05, 0) is 76.3 Å². The summed E-state index contributed by atoms with van der Waals surface area (Å²) in [5.41, 5.74) is 19.2. The van der Waals surface area contributed by atoms with Crippen molar-refractivity contribution in [3.8, 4) is 16.9 Å². The topological polar surface area (TPSA) is 110 Å². The summed E-state index contributed by atoms with van der Waals surface area (Å²) in [4.78, 5) is 28.8. The summed E-state index contributed by atoms with van der Waals surface area (Å²) < 4.78 is 0. The van der Waals surface area contributed by atoms with E-state index >= 15 is 0 Å². The molecule has 6 nitrogen and oxygen atoms in total. The lowest BCUT2D eigenvalue weighted by Gasteiger charge is -2.36. The molecular formula is C33H23N3O3. The molecular weight excluding hydrogens is 486 g/mol. The van der Waals surface area contributed by atoms with Crippen LogP contribution in [0.2, 0.25) is 0 Å². The Balaban J connectivity index is 1.60. The molecule has 6 heteroatoms. The van der Waals surface area contributed by atoms with Gasteiger partial charge in [-0.15, -0.1) is 0 Å². The minimum Gasteiger partial charge on any atom is -0.508 e. The van der Waals surface area contributed by atoms with E-state index in [0.717, 1.165) is 33.4 Å². The van der Waals surface area contributed by atoms with Crippen LogP contribution in [-0.4, -0.2) is 16.9 Å². The third kappa shape index (κ3) is 3.03. The van der Waals surface area contributed by atoms with Gasteiger partial charge in [-0.3, -0.25) is 9.59 Å². The van der Waals surface area contributed by atoms with E-state index in [2.05, 4.69) is 12.1 Å². The van der Waals surface area contributed by atoms with E-state index in [1.165, 1.54) is 23.1 Å². The van der Waals surface area contributed by atoms with Crippen molar-refractivity contribution in [1.82, 2.24) is 0 Å². The molecule has 0 saturated carbocycles. The van der Waals surface area contributed by atoms with Crippen molar-refractivity contribution in [2.24, 2.45) is 0 Å². The lowest BCUT2D eigenvalue weighted by atomic mass is 9.67. The maximum Gasteiger partial charge on any atom is 0.266 e. The number of nitrogens with two attached hydrogens (primary N) is 2. The Morgan fingerprint density at radius 3 is 1.85 bits per heavy atom. The van der Waals surface area contributed by atoms with E-state index in [0.29, 0.717) is 17.1 Å². The van der Waals surface area contributed by atoms with Crippen molar-refractivity contribution in [3.63, 3.8) is 0 Å². The van der Waals surface area contributed by atoms with Crippen molar-refractivity contribution in [2.45, 2.75) is 5.41 Å². The average molecular weight is 510 g/mol. The first-order valence-electron chi connectivity index (χ1n) is 12.6. The molecule has 5 aromatic rings. The summed E-state index contributed by atoms with van der Waals surface area (Å²) in [6, 6.07) is 33.5. The minimum absolute atomic E-state index is 0.0689. The van der Waals surface area contributed by atoms with E-state index in [1.807, 2.05) is 78.9 Å². The Hall–Kier alpha value is -5.36. The predicted octanol–water partition coefficient (Wildman–Crippen LogP) is 5.72. The number of phenolic OH excluding ortho intramolecular Hbond substituents is 1. The Bertz CT molecular complexity index is 1780. The first-order chi connectivity index (χ1) is 18.9. The van der Waals surface area contributed by atoms with Gasteiger partial charge in [0.05, 0.1) is 22.2 Å². The molecule has 0 unspecified atom stereocenters. The van der Waals surface area contributed by atoms with E-state index < -0.39 is 17.2 Å². The van der Waals surface area contributed by atoms with Crippen molar-refractivity contribution >= 4 is 28.9 Å². The maximum atomic E-state index is 13.8. The second kappa shape index (κ2) is 8.07. The minimum atomic E-state index is -0.874. The number of rotatable bonds is 3. The molecule has 0 radical (unpaired) electrons. The summed E-state index contributed by atoms with van der Waals surface area (Å²) in [7, 11) is 0. The van der Waals surface area contributed by atoms with Gasteiger partial charge in [0, 0.05) is 16.9 Å². The van der Waals surface area contributed by atoms with Crippen LogP contribution in [0.4, 0.5) is 17.1 Å². The largest absolute Gasteiger partial charge is 0.508 e. The number of benzene rings is 5. The number of aromatic hydroxyl groups is 1. The zero-order chi connectivity index (χ0) is 26.9. The fraction of sp³-hybridized carbons (Fsp3) is 0.0303. The van der Waals surface area contributed by atoms with Crippen LogP contribution in [0.1, 0.15) is 43.0 Å². The normalized spacial score (nSPS) is 14.7. The standard InChI is InChI=1S/C33H23N3O3/c34-21-12-8-19(9-13-21)33(20-10-14-22(35)15-11-20)28-6-2-1-4-24(28)25-5-3-7-29(30(25)33)36-31(38)26-17-16-23(37)18-27(26)32(36)39/h1-18,37H,34-35H2. The number of amides is 2. The smallest absolute Gasteiger partial charge is 0.266 e. The van der Waals surface area contributed by atoms with Crippen LogP contribution in [0.15, 0.2) is 109 Å². The van der Waals surface area contributed by atoms with Gasteiger partial charge in [0.2, 0.25) is 0 Å². The molecule has 0 aromatic heterocycles. The van der Waals surface area contributed by atoms with Crippen LogP contribution in [0.3, 0.4) is 0 Å². The number of nitrogens with zero attached hydrogens (tertiary/aromatic N) is 1. The lowest BCUT2D eigenvalue weighted by Crippen LogP contribution is -2.35. The number of nitrogen functional groups attached to an aromatic ring is 2. The highest BCUT2D eigenvalue weighted by Crippen LogP contribution is 2.59. The third-order valence-electron chi connectivity index (χ3n) is 7.84. The zero-order valence-electron chi connectivity index (χ0n) is 20.8. The van der Waals surface area contributed by atoms with Gasteiger partial charge in [0.15, 0.2) is 0 Å². The summed E-state index contributed by atoms with van der Waals surface area (Å²) in [6.07, 6.45) is 0. The number of imide groups is 1. The SMILES string of the molecule is Nc1ccc(C2(c3ccc(N)cc3)c3ccccc3-c3cccc(N4C(=O)c5ccc(O)cc5C4=O)c32)cc1. The monoisotopic (exact) mass is 509 g/mol. The van der Waals surface area contributed by atoms with Crippen LogP contribution in [0, 0.1) is 0 Å². The third-order valence-corrected chi connectivity index (χ3v) is 7.84. The van der Waals surface area contributed by atoms with Gasteiger partial charge in [0.1, 0.15) is 5.75 Å². The Labute approximate surface area is 224 Å². The first kappa shape index (κ1) is 22.8. The van der Waals surface area contributed by atoms with Gasteiger partial charge in [-0.1, -0.05) is 60.7 Å². The number of hydrogen-bond acceptors (Lipinski definition) is 5. The fourth-order valence-corrected chi connectivity index (χ4v) is 6.20. The van der Waals surface area contributed by atoms with Crippen LogP contribution < -0.4 is 16.4 Å². The van der Waals surface area contributed by atoms with Crippen molar-refractivity contribution in [2.75, 3.05) is 16.4 Å². The molecule has 39 heavy (non-hydrogen) atoms. The molecule has 7 rings (SSSR count). The van der Waals surface area contributed by atoms with Crippen molar-refractivity contribution in [1.29, 1.82) is 0 Å². The number of anilines is 3. The number of carbonyl (C=O) groups is 2.